The number of halogens is 3. The molecule has 3 N–H and O–H groups in total. The van der Waals surface area contributed by atoms with Crippen molar-refractivity contribution in [2.75, 3.05) is 33.6 Å². The van der Waals surface area contributed by atoms with Crippen LogP contribution < -0.4 is 20.3 Å². The quantitative estimate of drug-likeness (QED) is 0.431. The third-order valence-electron chi connectivity index (χ3n) is 5.55. The predicted octanol–water partition coefficient (Wildman–Crippen LogP) is 3.44. The maximum absolute atomic E-state index is 13.6. The normalized spacial score (nSPS) is 13.2. The molecular weight excluding hydrogens is 499 g/mol. The van der Waals surface area contributed by atoms with Gasteiger partial charge in [0.1, 0.15) is 17.2 Å². The van der Waals surface area contributed by atoms with Crippen LogP contribution >= 0.6 is 0 Å². The summed E-state index contributed by atoms with van der Waals surface area (Å²) in [6.07, 6.45) is -1.37. The highest BCUT2D eigenvalue weighted by Gasteiger charge is 2.35. The molecular formula is C22H22F3N7O3S. The van der Waals surface area contributed by atoms with Crippen LogP contribution in [-0.2, 0) is 34.0 Å². The molecule has 0 radical (unpaired) electrons. The molecule has 190 valence electrons. The summed E-state index contributed by atoms with van der Waals surface area (Å²) in [4.78, 5) is 23.5. The van der Waals surface area contributed by atoms with E-state index in [2.05, 4.69) is 30.9 Å². The lowest BCUT2D eigenvalue weighted by Gasteiger charge is -2.18. The van der Waals surface area contributed by atoms with E-state index in [1.807, 2.05) is 0 Å². The number of pyridine rings is 1. The molecule has 0 bridgehead atoms. The minimum atomic E-state index is -4.71. The highest BCUT2D eigenvalue weighted by Crippen LogP contribution is 2.35. The van der Waals surface area contributed by atoms with Crippen molar-refractivity contribution in [2.45, 2.75) is 26.1 Å². The average molecular weight is 522 g/mol. The number of carbonyl (C=O) groups is 1. The molecule has 1 aromatic carbocycles. The van der Waals surface area contributed by atoms with Crippen molar-refractivity contribution in [3.63, 3.8) is 0 Å². The van der Waals surface area contributed by atoms with Crippen LogP contribution in [0.2, 0.25) is 0 Å². The van der Waals surface area contributed by atoms with Gasteiger partial charge in [0.2, 0.25) is 21.9 Å². The van der Waals surface area contributed by atoms with Gasteiger partial charge in [0, 0.05) is 37.4 Å². The molecule has 0 saturated carbocycles. The molecule has 14 heteroatoms. The van der Waals surface area contributed by atoms with Crippen LogP contribution in [0.4, 0.5) is 42.1 Å². The molecule has 0 spiro atoms. The molecule has 1 aliphatic heterocycles. The number of nitrogens with zero attached hydrogens (tertiary/aromatic N) is 4. The second kappa shape index (κ2) is 9.26. The van der Waals surface area contributed by atoms with E-state index in [9.17, 15) is 26.4 Å². The molecule has 1 amide bonds. The van der Waals surface area contributed by atoms with Gasteiger partial charge in [-0.25, -0.2) is 18.4 Å². The van der Waals surface area contributed by atoms with Crippen LogP contribution in [0, 0.1) is 6.92 Å². The Bertz CT molecular complexity index is 1450. The van der Waals surface area contributed by atoms with Crippen LogP contribution in [0.25, 0.3) is 0 Å². The van der Waals surface area contributed by atoms with Gasteiger partial charge in [0.25, 0.3) is 0 Å². The van der Waals surface area contributed by atoms with Crippen LogP contribution in [0.3, 0.4) is 0 Å². The number of anilines is 5. The van der Waals surface area contributed by atoms with E-state index in [1.165, 1.54) is 19.3 Å². The summed E-state index contributed by atoms with van der Waals surface area (Å²) in [7, 11) is -2.24. The fourth-order valence-corrected chi connectivity index (χ4v) is 3.92. The first-order valence-corrected chi connectivity index (χ1v) is 12.4. The Balaban J connectivity index is 1.60. The number of fused-ring (bicyclic) bond motifs is 1. The first-order valence-electron chi connectivity index (χ1n) is 10.6. The van der Waals surface area contributed by atoms with E-state index in [0.29, 0.717) is 28.7 Å². The molecule has 0 aliphatic carbocycles. The molecule has 0 unspecified atom stereocenters. The van der Waals surface area contributed by atoms with E-state index < -0.39 is 27.6 Å². The molecule has 0 fully saturated rings. The number of carbonyl (C=O) groups excluding carboxylic acids is 1. The summed E-state index contributed by atoms with van der Waals surface area (Å²) in [5.74, 6) is -0.541. The standard InChI is InChI=1S/C22H22F3N7O3S/c1-12-9-26-18(32(2)36(3,34)35)7-14(12)10-27-20-16(22(23,24)25)11-28-21(31-20)29-15-4-5-17-13(6-15)8-19(33)30-17/h4-7,9,11H,8,10H2,1-3H3,(H,30,33)(H2,27,28,29,31). The molecule has 2 aromatic heterocycles. The lowest BCUT2D eigenvalue weighted by Crippen LogP contribution is -2.26. The number of sulfonamides is 1. The minimum absolute atomic E-state index is 0.0771. The smallest absolute Gasteiger partial charge is 0.365 e. The molecule has 1 aliphatic rings. The summed E-state index contributed by atoms with van der Waals surface area (Å²) < 4.78 is 65.5. The molecule has 3 heterocycles. The molecule has 4 rings (SSSR count). The Labute approximate surface area is 205 Å². The van der Waals surface area contributed by atoms with E-state index in [4.69, 9.17) is 0 Å². The fraction of sp³-hybridized carbons (Fsp3) is 0.273. The molecule has 10 nitrogen and oxygen atoms in total. The zero-order chi connectivity index (χ0) is 26.3. The second-order valence-corrected chi connectivity index (χ2v) is 10.2. The number of rotatable bonds is 7. The predicted molar refractivity (Wildman–Crippen MR) is 129 cm³/mol. The monoisotopic (exact) mass is 521 g/mol. The van der Waals surface area contributed by atoms with Crippen LogP contribution in [-0.4, -0.2) is 42.6 Å². The van der Waals surface area contributed by atoms with Gasteiger partial charge in [0.05, 0.1) is 12.7 Å². The summed E-state index contributed by atoms with van der Waals surface area (Å²) in [5.41, 5.74) is 2.06. The topological polar surface area (TPSA) is 129 Å². The Morgan fingerprint density at radius 2 is 1.92 bits per heavy atom. The number of benzene rings is 1. The van der Waals surface area contributed by atoms with Crippen LogP contribution in [0.5, 0.6) is 0 Å². The van der Waals surface area contributed by atoms with Gasteiger partial charge < -0.3 is 16.0 Å². The second-order valence-electron chi connectivity index (χ2n) is 8.23. The lowest BCUT2D eigenvalue weighted by atomic mass is 10.1. The van der Waals surface area contributed by atoms with Gasteiger partial charge in [-0.2, -0.15) is 18.2 Å². The molecule has 36 heavy (non-hydrogen) atoms. The Kier molecular flexibility index (Phi) is 6.47. The van der Waals surface area contributed by atoms with E-state index in [-0.39, 0.29) is 30.6 Å². The summed E-state index contributed by atoms with van der Waals surface area (Å²) in [6, 6.07) is 6.51. The van der Waals surface area contributed by atoms with Gasteiger partial charge in [0.15, 0.2) is 0 Å². The number of aryl methyl sites for hydroxylation is 1. The van der Waals surface area contributed by atoms with Crippen molar-refractivity contribution < 1.29 is 26.4 Å². The Morgan fingerprint density at radius 3 is 2.61 bits per heavy atom. The van der Waals surface area contributed by atoms with E-state index >= 15 is 0 Å². The molecule has 0 atom stereocenters. The number of hydrogen-bond donors (Lipinski definition) is 3. The highest BCUT2D eigenvalue weighted by atomic mass is 32.2. The first-order chi connectivity index (χ1) is 16.8. The Hall–Kier alpha value is -3.94. The zero-order valence-corrected chi connectivity index (χ0v) is 20.3. The van der Waals surface area contributed by atoms with Gasteiger partial charge in [-0.3, -0.25) is 9.10 Å². The highest BCUT2D eigenvalue weighted by molar-refractivity contribution is 7.92. The third-order valence-corrected chi connectivity index (χ3v) is 6.73. The van der Waals surface area contributed by atoms with Crippen LogP contribution in [0.1, 0.15) is 22.3 Å². The Morgan fingerprint density at radius 1 is 1.17 bits per heavy atom. The zero-order valence-electron chi connectivity index (χ0n) is 19.4. The average Bonchev–Trinajstić information content (AvgIpc) is 3.16. The van der Waals surface area contributed by atoms with Gasteiger partial charge in [-0.15, -0.1) is 0 Å². The number of amides is 1. The maximum Gasteiger partial charge on any atom is 0.421 e. The summed E-state index contributed by atoms with van der Waals surface area (Å²) in [5, 5.41) is 8.26. The van der Waals surface area contributed by atoms with E-state index in [1.54, 1.807) is 25.1 Å². The van der Waals surface area contributed by atoms with Crippen LogP contribution in [0.15, 0.2) is 36.7 Å². The van der Waals surface area contributed by atoms with E-state index in [0.717, 1.165) is 16.1 Å². The van der Waals surface area contributed by atoms with Crippen molar-refractivity contribution >= 4 is 44.9 Å². The molecule has 3 aromatic rings. The fourth-order valence-electron chi connectivity index (χ4n) is 3.48. The minimum Gasteiger partial charge on any atom is -0.365 e. The number of alkyl halides is 3. The lowest BCUT2D eigenvalue weighted by molar-refractivity contribution is -0.137. The van der Waals surface area contributed by atoms with Crippen molar-refractivity contribution in [1.82, 2.24) is 15.0 Å². The number of aromatic nitrogens is 3. The van der Waals surface area contributed by atoms with Crippen molar-refractivity contribution in [3.8, 4) is 0 Å². The first kappa shape index (κ1) is 25.2. The van der Waals surface area contributed by atoms with Gasteiger partial charge in [-0.05, 0) is 47.9 Å². The molecule has 0 saturated heterocycles. The SMILES string of the molecule is Cc1cnc(N(C)S(C)(=O)=O)cc1CNc1nc(Nc2ccc3c(c2)CC(=O)N3)ncc1C(F)(F)F. The largest absolute Gasteiger partial charge is 0.421 e. The van der Waals surface area contributed by atoms with Crippen molar-refractivity contribution in [1.29, 1.82) is 0 Å². The van der Waals surface area contributed by atoms with Crippen molar-refractivity contribution in [2.24, 2.45) is 0 Å². The van der Waals surface area contributed by atoms with Gasteiger partial charge in [-0.1, -0.05) is 0 Å². The van der Waals surface area contributed by atoms with Crippen molar-refractivity contribution in [3.05, 3.63) is 58.9 Å². The maximum atomic E-state index is 13.6. The third kappa shape index (κ3) is 5.48. The van der Waals surface area contributed by atoms with Gasteiger partial charge >= 0.3 is 6.18 Å². The number of hydrogen-bond acceptors (Lipinski definition) is 8. The summed E-state index contributed by atoms with van der Waals surface area (Å²) >= 11 is 0. The summed E-state index contributed by atoms with van der Waals surface area (Å²) in [6.45, 7) is 1.63. The number of nitrogens with one attached hydrogen (secondary N) is 3.